The summed E-state index contributed by atoms with van der Waals surface area (Å²) in [7, 11) is 2.12. The van der Waals surface area contributed by atoms with Gasteiger partial charge in [-0.15, -0.1) is 0 Å². The third kappa shape index (κ3) is 2.28. The number of aryl methyl sites for hydroxylation is 1. The molecule has 1 unspecified atom stereocenters. The Morgan fingerprint density at radius 3 is 2.89 bits per heavy atom. The van der Waals surface area contributed by atoms with Crippen molar-refractivity contribution in [3.8, 4) is 11.4 Å². The Hall–Kier alpha value is -1.68. The fourth-order valence-electron chi connectivity index (χ4n) is 3.00. The third-order valence-electron chi connectivity index (χ3n) is 4.08. The van der Waals surface area contributed by atoms with Gasteiger partial charge in [0.25, 0.3) is 0 Å². The van der Waals surface area contributed by atoms with E-state index >= 15 is 0 Å². The minimum absolute atomic E-state index is 0.721. The highest BCUT2D eigenvalue weighted by molar-refractivity contribution is 5.56. The molecular weight excluding hydrogens is 236 g/mol. The number of hydrogen-bond acceptors (Lipinski definition) is 3. The van der Waals surface area contributed by atoms with E-state index in [1.54, 1.807) is 0 Å². The summed E-state index contributed by atoms with van der Waals surface area (Å²) in [5, 5.41) is 0. The molecule has 2 N–H and O–H groups in total. The topological polar surface area (TPSA) is 56.7 Å². The van der Waals surface area contributed by atoms with E-state index in [1.165, 1.54) is 17.8 Å². The first-order valence-corrected chi connectivity index (χ1v) is 6.94. The van der Waals surface area contributed by atoms with Crippen LogP contribution in [0.3, 0.4) is 0 Å². The normalized spacial score (nSPS) is 18.3. The highest BCUT2D eigenvalue weighted by Crippen LogP contribution is 2.30. The predicted octanol–water partition coefficient (Wildman–Crippen LogP) is 1.94. The number of fused-ring (bicyclic) bond motifs is 1. The van der Waals surface area contributed by atoms with Crippen LogP contribution in [0.1, 0.15) is 24.2 Å². The van der Waals surface area contributed by atoms with Crippen molar-refractivity contribution in [2.45, 2.75) is 25.7 Å². The summed E-state index contributed by atoms with van der Waals surface area (Å²) in [6.07, 6.45) is 8.17. The first kappa shape index (κ1) is 12.4. The lowest BCUT2D eigenvalue weighted by Gasteiger charge is -2.21. The molecule has 0 aliphatic heterocycles. The van der Waals surface area contributed by atoms with Gasteiger partial charge in [0.1, 0.15) is 5.82 Å². The molecule has 4 heteroatoms. The molecule has 0 saturated carbocycles. The maximum Gasteiger partial charge on any atom is 0.140 e. The van der Waals surface area contributed by atoms with E-state index in [4.69, 9.17) is 10.7 Å². The summed E-state index contributed by atoms with van der Waals surface area (Å²) in [4.78, 5) is 8.89. The van der Waals surface area contributed by atoms with Gasteiger partial charge in [0.05, 0.1) is 5.69 Å². The smallest absolute Gasteiger partial charge is 0.140 e. The molecule has 4 nitrogen and oxygen atoms in total. The first-order valence-electron chi connectivity index (χ1n) is 6.94. The van der Waals surface area contributed by atoms with Crippen LogP contribution in [0.5, 0.6) is 0 Å². The first-order chi connectivity index (χ1) is 9.29. The van der Waals surface area contributed by atoms with Crippen LogP contribution in [0.25, 0.3) is 11.4 Å². The summed E-state index contributed by atoms with van der Waals surface area (Å²) in [5.74, 6) is 1.78. The average molecular weight is 256 g/mol. The Balaban J connectivity index is 1.95. The molecule has 0 bridgehead atoms. The van der Waals surface area contributed by atoms with Crippen molar-refractivity contribution in [2.75, 3.05) is 6.54 Å². The van der Waals surface area contributed by atoms with Gasteiger partial charge in [-0.05, 0) is 50.3 Å². The minimum atomic E-state index is 0.721. The van der Waals surface area contributed by atoms with Crippen LogP contribution >= 0.6 is 0 Å². The zero-order chi connectivity index (χ0) is 13.2. The van der Waals surface area contributed by atoms with Crippen LogP contribution in [0.15, 0.2) is 24.5 Å². The SMILES string of the molecule is Cn1c(-c2ccncc2)nc2c1CC(CCN)CC2. The molecule has 0 aromatic carbocycles. The summed E-state index contributed by atoms with van der Waals surface area (Å²) < 4.78 is 2.24. The zero-order valence-electron chi connectivity index (χ0n) is 11.3. The number of aromatic nitrogens is 3. The van der Waals surface area contributed by atoms with Gasteiger partial charge in [0, 0.05) is 30.7 Å². The largest absolute Gasteiger partial charge is 0.331 e. The molecule has 0 spiro atoms. The van der Waals surface area contributed by atoms with Gasteiger partial charge in [0.2, 0.25) is 0 Å². The van der Waals surface area contributed by atoms with E-state index < -0.39 is 0 Å². The second kappa shape index (κ2) is 5.13. The molecule has 1 atom stereocenters. The van der Waals surface area contributed by atoms with Gasteiger partial charge in [-0.2, -0.15) is 0 Å². The van der Waals surface area contributed by atoms with Crippen molar-refractivity contribution in [3.05, 3.63) is 35.9 Å². The van der Waals surface area contributed by atoms with Crippen LogP contribution < -0.4 is 5.73 Å². The quantitative estimate of drug-likeness (QED) is 0.913. The molecular formula is C15H20N4. The predicted molar refractivity (Wildman–Crippen MR) is 75.6 cm³/mol. The van der Waals surface area contributed by atoms with Crippen molar-refractivity contribution in [1.82, 2.24) is 14.5 Å². The highest BCUT2D eigenvalue weighted by atomic mass is 15.1. The summed E-state index contributed by atoms with van der Waals surface area (Å²) in [6.45, 7) is 0.787. The maximum atomic E-state index is 5.68. The van der Waals surface area contributed by atoms with Crippen molar-refractivity contribution in [2.24, 2.45) is 18.7 Å². The lowest BCUT2D eigenvalue weighted by Crippen LogP contribution is -2.19. The van der Waals surface area contributed by atoms with Gasteiger partial charge in [-0.3, -0.25) is 4.98 Å². The molecule has 2 aromatic heterocycles. The van der Waals surface area contributed by atoms with Gasteiger partial charge >= 0.3 is 0 Å². The molecule has 3 rings (SSSR count). The van der Waals surface area contributed by atoms with Crippen LogP contribution in [0.2, 0.25) is 0 Å². The van der Waals surface area contributed by atoms with Crippen LogP contribution in [-0.4, -0.2) is 21.1 Å². The lowest BCUT2D eigenvalue weighted by atomic mass is 9.87. The van der Waals surface area contributed by atoms with Crippen molar-refractivity contribution >= 4 is 0 Å². The van der Waals surface area contributed by atoms with Crippen molar-refractivity contribution in [1.29, 1.82) is 0 Å². The second-order valence-corrected chi connectivity index (χ2v) is 5.31. The Bertz CT molecular complexity index is 559. The molecule has 0 radical (unpaired) electrons. The highest BCUT2D eigenvalue weighted by Gasteiger charge is 2.24. The standard InChI is InChI=1S/C15H20N4/c1-19-14-10-11(4-7-16)2-3-13(14)18-15(19)12-5-8-17-9-6-12/h5-6,8-9,11H,2-4,7,10,16H2,1H3. The van der Waals surface area contributed by atoms with E-state index in [-0.39, 0.29) is 0 Å². The van der Waals surface area contributed by atoms with Crippen LogP contribution in [0.4, 0.5) is 0 Å². The Labute approximate surface area is 113 Å². The second-order valence-electron chi connectivity index (χ2n) is 5.31. The molecule has 0 amide bonds. The Morgan fingerprint density at radius 1 is 1.37 bits per heavy atom. The van der Waals surface area contributed by atoms with E-state index in [0.717, 1.165) is 43.1 Å². The number of nitrogens with two attached hydrogens (primary N) is 1. The van der Waals surface area contributed by atoms with Crippen LogP contribution in [0, 0.1) is 5.92 Å². The third-order valence-corrected chi connectivity index (χ3v) is 4.08. The Morgan fingerprint density at radius 2 is 2.16 bits per heavy atom. The monoisotopic (exact) mass is 256 g/mol. The van der Waals surface area contributed by atoms with E-state index in [2.05, 4.69) is 16.6 Å². The minimum Gasteiger partial charge on any atom is -0.331 e. The van der Waals surface area contributed by atoms with Gasteiger partial charge < -0.3 is 10.3 Å². The number of pyridine rings is 1. The number of rotatable bonds is 3. The maximum absolute atomic E-state index is 5.68. The number of nitrogens with zero attached hydrogens (tertiary/aromatic N) is 3. The Kier molecular flexibility index (Phi) is 3.34. The number of imidazole rings is 1. The van der Waals surface area contributed by atoms with Crippen LogP contribution in [-0.2, 0) is 19.9 Å². The van der Waals surface area contributed by atoms with E-state index in [1.807, 2.05) is 24.5 Å². The molecule has 1 aliphatic carbocycles. The molecule has 2 aromatic rings. The molecule has 0 fully saturated rings. The molecule has 1 aliphatic rings. The lowest BCUT2D eigenvalue weighted by molar-refractivity contribution is 0.420. The summed E-state index contributed by atoms with van der Waals surface area (Å²) in [5.41, 5.74) is 9.48. The number of hydrogen-bond donors (Lipinski definition) is 1. The van der Waals surface area contributed by atoms with Gasteiger partial charge in [-0.1, -0.05) is 0 Å². The zero-order valence-corrected chi connectivity index (χ0v) is 11.3. The average Bonchev–Trinajstić information content (AvgIpc) is 2.78. The van der Waals surface area contributed by atoms with Crippen molar-refractivity contribution in [3.63, 3.8) is 0 Å². The molecule has 19 heavy (non-hydrogen) atoms. The van der Waals surface area contributed by atoms with E-state index in [9.17, 15) is 0 Å². The molecule has 100 valence electrons. The fraction of sp³-hybridized carbons (Fsp3) is 0.467. The van der Waals surface area contributed by atoms with E-state index in [0.29, 0.717) is 0 Å². The molecule has 0 saturated heterocycles. The van der Waals surface area contributed by atoms with Gasteiger partial charge in [0.15, 0.2) is 0 Å². The summed E-state index contributed by atoms with van der Waals surface area (Å²) >= 11 is 0. The van der Waals surface area contributed by atoms with Gasteiger partial charge in [-0.25, -0.2) is 4.98 Å². The van der Waals surface area contributed by atoms with Crippen molar-refractivity contribution < 1.29 is 0 Å². The fourth-order valence-corrected chi connectivity index (χ4v) is 3.00. The summed E-state index contributed by atoms with van der Waals surface area (Å²) in [6, 6.07) is 4.04. The molecule has 2 heterocycles.